The van der Waals surface area contributed by atoms with Crippen LogP contribution in [0.1, 0.15) is 17.4 Å². The van der Waals surface area contributed by atoms with Crippen LogP contribution in [0.15, 0.2) is 30.3 Å². The maximum absolute atomic E-state index is 13.8. The Labute approximate surface area is 108 Å². The predicted molar refractivity (Wildman–Crippen MR) is 67.5 cm³/mol. The first-order valence-corrected chi connectivity index (χ1v) is 5.80. The van der Waals surface area contributed by atoms with Crippen molar-refractivity contribution < 1.29 is 14.3 Å². The molecule has 2 aromatic rings. The zero-order valence-electron chi connectivity index (χ0n) is 9.65. The lowest BCUT2D eigenvalue weighted by Gasteiger charge is -2.10. The Morgan fingerprint density at radius 3 is 2.67 bits per heavy atom. The fraction of sp³-hybridized carbons (Fsp3) is 0.154. The highest BCUT2D eigenvalue weighted by molar-refractivity contribution is 6.30. The molecule has 0 amide bonds. The zero-order valence-corrected chi connectivity index (χ0v) is 10.4. The van der Waals surface area contributed by atoms with Crippen molar-refractivity contribution in [3.05, 3.63) is 46.9 Å². The van der Waals surface area contributed by atoms with Crippen molar-refractivity contribution in [1.29, 1.82) is 0 Å². The molecule has 5 heteroatoms. The molecule has 3 nitrogen and oxygen atoms in total. The van der Waals surface area contributed by atoms with E-state index in [0.717, 1.165) is 0 Å². The molecular formula is C13H11ClFNO2. The molecule has 1 heterocycles. The van der Waals surface area contributed by atoms with Crippen molar-refractivity contribution in [3.8, 4) is 11.3 Å². The van der Waals surface area contributed by atoms with Gasteiger partial charge in [0.1, 0.15) is 11.5 Å². The van der Waals surface area contributed by atoms with Gasteiger partial charge in [-0.1, -0.05) is 11.6 Å². The lowest BCUT2D eigenvalue weighted by Crippen LogP contribution is -2.08. The summed E-state index contributed by atoms with van der Waals surface area (Å²) in [6.07, 6.45) is 0. The van der Waals surface area contributed by atoms with Gasteiger partial charge in [-0.05, 0) is 37.3 Å². The van der Waals surface area contributed by atoms with Crippen LogP contribution in [0.2, 0.25) is 5.02 Å². The van der Waals surface area contributed by atoms with E-state index in [-0.39, 0.29) is 5.69 Å². The Bertz CT molecular complexity index is 607. The fourth-order valence-corrected chi connectivity index (χ4v) is 2.09. The Morgan fingerprint density at radius 2 is 2.11 bits per heavy atom. The van der Waals surface area contributed by atoms with Gasteiger partial charge in [0.15, 0.2) is 0 Å². The Balaban J connectivity index is 2.60. The Hall–Kier alpha value is -1.81. The average Bonchev–Trinajstić information content (AvgIpc) is 2.72. The SMILES string of the molecule is CCn1c(C(=O)O)ccc1-c1ccc(Cl)cc1F. The van der Waals surface area contributed by atoms with E-state index in [1.165, 1.54) is 12.1 Å². The molecule has 0 unspecified atom stereocenters. The summed E-state index contributed by atoms with van der Waals surface area (Å²) < 4.78 is 15.4. The van der Waals surface area contributed by atoms with E-state index in [9.17, 15) is 9.18 Å². The lowest BCUT2D eigenvalue weighted by molar-refractivity contribution is 0.0685. The quantitative estimate of drug-likeness (QED) is 0.922. The van der Waals surface area contributed by atoms with Gasteiger partial charge in [0.05, 0.1) is 5.69 Å². The molecular weight excluding hydrogens is 257 g/mol. The molecule has 0 aliphatic carbocycles. The van der Waals surface area contributed by atoms with Crippen molar-refractivity contribution in [2.24, 2.45) is 0 Å². The highest BCUT2D eigenvalue weighted by atomic mass is 35.5. The molecule has 18 heavy (non-hydrogen) atoms. The molecule has 0 saturated carbocycles. The summed E-state index contributed by atoms with van der Waals surface area (Å²) in [5, 5.41) is 9.34. The molecule has 0 saturated heterocycles. The lowest BCUT2D eigenvalue weighted by atomic mass is 10.1. The monoisotopic (exact) mass is 267 g/mol. The number of aromatic nitrogens is 1. The van der Waals surface area contributed by atoms with E-state index in [4.69, 9.17) is 16.7 Å². The second kappa shape index (κ2) is 4.82. The summed E-state index contributed by atoms with van der Waals surface area (Å²) in [5.74, 6) is -1.50. The van der Waals surface area contributed by atoms with Crippen LogP contribution in [0, 0.1) is 5.82 Å². The van der Waals surface area contributed by atoms with Crippen molar-refractivity contribution in [3.63, 3.8) is 0 Å². The number of carboxylic acid groups (broad SMARTS) is 1. The van der Waals surface area contributed by atoms with Crippen LogP contribution in [0.5, 0.6) is 0 Å². The summed E-state index contributed by atoms with van der Waals surface area (Å²) >= 11 is 5.69. The molecule has 1 N–H and O–H groups in total. The minimum Gasteiger partial charge on any atom is -0.477 e. The first kappa shape index (κ1) is 12.6. The summed E-state index contributed by atoms with van der Waals surface area (Å²) in [5.41, 5.74) is 1.01. The van der Waals surface area contributed by atoms with Crippen LogP contribution < -0.4 is 0 Å². The van der Waals surface area contributed by atoms with Gasteiger partial charge in [0.25, 0.3) is 0 Å². The number of benzene rings is 1. The molecule has 1 aromatic heterocycles. The van der Waals surface area contributed by atoms with Crippen molar-refractivity contribution >= 4 is 17.6 Å². The topological polar surface area (TPSA) is 42.2 Å². The van der Waals surface area contributed by atoms with Crippen LogP contribution >= 0.6 is 11.6 Å². The number of hydrogen-bond acceptors (Lipinski definition) is 1. The molecule has 94 valence electrons. The predicted octanol–water partition coefficient (Wildman–Crippen LogP) is 3.67. The Kier molecular flexibility index (Phi) is 3.39. The van der Waals surface area contributed by atoms with Gasteiger partial charge in [-0.3, -0.25) is 0 Å². The number of carbonyl (C=O) groups is 1. The van der Waals surface area contributed by atoms with Gasteiger partial charge in [0.2, 0.25) is 0 Å². The second-order valence-electron chi connectivity index (χ2n) is 3.78. The average molecular weight is 268 g/mol. The molecule has 0 atom stereocenters. The van der Waals surface area contributed by atoms with E-state index >= 15 is 0 Å². The third kappa shape index (κ3) is 2.11. The first-order valence-electron chi connectivity index (χ1n) is 5.42. The van der Waals surface area contributed by atoms with E-state index in [1.807, 2.05) is 6.92 Å². The molecule has 0 aliphatic heterocycles. The first-order chi connectivity index (χ1) is 8.54. The fourth-order valence-electron chi connectivity index (χ4n) is 1.93. The van der Waals surface area contributed by atoms with Gasteiger partial charge in [-0.15, -0.1) is 0 Å². The van der Waals surface area contributed by atoms with Crippen molar-refractivity contribution in [2.75, 3.05) is 0 Å². The van der Waals surface area contributed by atoms with Crippen molar-refractivity contribution in [1.82, 2.24) is 4.57 Å². The van der Waals surface area contributed by atoms with Gasteiger partial charge in [-0.2, -0.15) is 0 Å². The standard InChI is InChI=1S/C13H11ClFNO2/c1-2-16-11(5-6-12(16)13(17)18)9-4-3-8(14)7-10(9)15/h3-7H,2H2,1H3,(H,17,18). The largest absolute Gasteiger partial charge is 0.477 e. The molecule has 0 fully saturated rings. The van der Waals surface area contributed by atoms with Gasteiger partial charge >= 0.3 is 5.97 Å². The molecule has 0 spiro atoms. The van der Waals surface area contributed by atoms with Crippen LogP contribution in [-0.2, 0) is 6.54 Å². The third-order valence-electron chi connectivity index (χ3n) is 2.72. The van der Waals surface area contributed by atoms with Gasteiger partial charge in [0, 0.05) is 17.1 Å². The van der Waals surface area contributed by atoms with E-state index in [2.05, 4.69) is 0 Å². The highest BCUT2D eigenvalue weighted by Gasteiger charge is 2.16. The van der Waals surface area contributed by atoms with Crippen LogP contribution in [0.4, 0.5) is 4.39 Å². The van der Waals surface area contributed by atoms with E-state index < -0.39 is 11.8 Å². The molecule has 0 aliphatic rings. The smallest absolute Gasteiger partial charge is 0.352 e. The molecule has 0 radical (unpaired) electrons. The summed E-state index contributed by atoms with van der Waals surface area (Å²) in [4.78, 5) is 11.0. The number of nitrogens with zero attached hydrogens (tertiary/aromatic N) is 1. The maximum Gasteiger partial charge on any atom is 0.352 e. The normalized spacial score (nSPS) is 10.6. The molecule has 1 aromatic carbocycles. The van der Waals surface area contributed by atoms with Crippen LogP contribution in [0.3, 0.4) is 0 Å². The van der Waals surface area contributed by atoms with Crippen molar-refractivity contribution in [2.45, 2.75) is 13.5 Å². The summed E-state index contributed by atoms with van der Waals surface area (Å²) in [7, 11) is 0. The van der Waals surface area contributed by atoms with Gasteiger partial charge in [-0.25, -0.2) is 9.18 Å². The van der Waals surface area contributed by atoms with Gasteiger partial charge < -0.3 is 9.67 Å². The number of rotatable bonds is 3. The van der Waals surface area contributed by atoms with E-state index in [0.29, 0.717) is 22.8 Å². The second-order valence-corrected chi connectivity index (χ2v) is 4.21. The maximum atomic E-state index is 13.8. The number of aromatic carboxylic acids is 1. The number of halogens is 2. The summed E-state index contributed by atoms with van der Waals surface area (Å²) in [6.45, 7) is 2.26. The minimum atomic E-state index is -1.03. The Morgan fingerprint density at radius 1 is 1.39 bits per heavy atom. The minimum absolute atomic E-state index is 0.141. The third-order valence-corrected chi connectivity index (χ3v) is 2.96. The molecule has 2 rings (SSSR count). The zero-order chi connectivity index (χ0) is 13.3. The van der Waals surface area contributed by atoms with Crippen LogP contribution in [0.25, 0.3) is 11.3 Å². The molecule has 0 bridgehead atoms. The van der Waals surface area contributed by atoms with Crippen LogP contribution in [-0.4, -0.2) is 15.6 Å². The summed E-state index contributed by atoms with van der Waals surface area (Å²) in [6, 6.07) is 7.40. The highest BCUT2D eigenvalue weighted by Crippen LogP contribution is 2.27. The van der Waals surface area contributed by atoms with E-state index in [1.54, 1.807) is 22.8 Å². The number of carboxylic acids is 1. The number of hydrogen-bond donors (Lipinski definition) is 1.